The molecule has 0 aliphatic heterocycles. The van der Waals surface area contributed by atoms with Crippen LogP contribution in [0.1, 0.15) is 0 Å². The van der Waals surface area contributed by atoms with Gasteiger partial charge in [-0.3, -0.25) is 0 Å². The molecular formula is C10H25Cl6N3. The highest BCUT2D eigenvalue weighted by atomic mass is 35.5. The molecule has 5 N–H and O–H groups in total. The minimum Gasteiger partial charge on any atom is -1.00 e. The van der Waals surface area contributed by atoms with Crippen molar-refractivity contribution in [1.82, 2.24) is 0 Å². The number of rotatable bonds is 12. The van der Waals surface area contributed by atoms with Gasteiger partial charge >= 0.3 is 0 Å². The van der Waals surface area contributed by atoms with Crippen molar-refractivity contribution in [2.45, 2.75) is 0 Å². The SMILES string of the molecule is ClCC[NH2+]CC[NH+](CCCl)CC[NH2+]CCCl.[Cl-].[Cl-].[Cl-]. The van der Waals surface area contributed by atoms with Crippen molar-refractivity contribution in [3.05, 3.63) is 0 Å². The minimum atomic E-state index is 0. The van der Waals surface area contributed by atoms with E-state index >= 15 is 0 Å². The standard InChI is InChI=1S/C10H22Cl3N3.3ClH/c11-1-4-14-6-9-16(8-3-13)10-7-15-5-2-12;;;/h14-15H,1-10H2;3*1H. The van der Waals surface area contributed by atoms with Gasteiger partial charge in [-0.1, -0.05) is 0 Å². The van der Waals surface area contributed by atoms with Gasteiger partial charge in [-0.15, -0.1) is 34.8 Å². The first-order valence-corrected chi connectivity index (χ1v) is 7.60. The molecule has 0 aromatic heterocycles. The van der Waals surface area contributed by atoms with E-state index in [1.807, 2.05) is 0 Å². The summed E-state index contributed by atoms with van der Waals surface area (Å²) in [4.78, 5) is 1.58. The van der Waals surface area contributed by atoms with E-state index in [2.05, 4.69) is 10.6 Å². The minimum absolute atomic E-state index is 0. The van der Waals surface area contributed by atoms with Gasteiger partial charge < -0.3 is 52.8 Å². The maximum Gasteiger partial charge on any atom is 0.127 e. The van der Waals surface area contributed by atoms with Crippen LogP contribution in [0.3, 0.4) is 0 Å². The van der Waals surface area contributed by atoms with E-state index in [-0.39, 0.29) is 37.2 Å². The zero-order chi connectivity index (χ0) is 12.1. The van der Waals surface area contributed by atoms with Crippen molar-refractivity contribution >= 4 is 34.8 Å². The van der Waals surface area contributed by atoms with Gasteiger partial charge in [0.05, 0.1) is 37.3 Å². The van der Waals surface area contributed by atoms with Gasteiger partial charge in [0.25, 0.3) is 0 Å². The molecular weight excluding hydrogens is 375 g/mol. The summed E-state index contributed by atoms with van der Waals surface area (Å²) in [5.41, 5.74) is 0. The van der Waals surface area contributed by atoms with Gasteiger partial charge in [0.1, 0.15) is 26.2 Å². The fourth-order valence-electron chi connectivity index (χ4n) is 1.56. The van der Waals surface area contributed by atoms with Gasteiger partial charge in [-0.25, -0.2) is 0 Å². The second-order valence-corrected chi connectivity index (χ2v) is 4.93. The highest BCUT2D eigenvalue weighted by Crippen LogP contribution is 1.65. The summed E-state index contributed by atoms with van der Waals surface area (Å²) in [6.07, 6.45) is 0. The summed E-state index contributed by atoms with van der Waals surface area (Å²) < 4.78 is 0. The number of quaternary nitrogens is 3. The number of hydrogen-bond acceptors (Lipinski definition) is 0. The molecule has 0 aliphatic rings. The maximum atomic E-state index is 5.79. The van der Waals surface area contributed by atoms with Crippen molar-refractivity contribution in [3.8, 4) is 0 Å². The van der Waals surface area contributed by atoms with Crippen molar-refractivity contribution in [3.63, 3.8) is 0 Å². The summed E-state index contributed by atoms with van der Waals surface area (Å²) in [6.45, 7) is 7.66. The molecule has 9 heteroatoms. The number of halogens is 6. The Morgan fingerprint density at radius 1 is 0.579 bits per heavy atom. The van der Waals surface area contributed by atoms with Crippen LogP contribution in [0.2, 0.25) is 0 Å². The average molecular weight is 400 g/mol. The zero-order valence-electron chi connectivity index (χ0n) is 11.0. The average Bonchev–Trinajstić information content (AvgIpc) is 2.30. The van der Waals surface area contributed by atoms with Crippen LogP contribution in [0.25, 0.3) is 0 Å². The lowest BCUT2D eigenvalue weighted by atomic mass is 10.4. The van der Waals surface area contributed by atoms with E-state index in [0.717, 1.165) is 50.4 Å². The molecule has 3 nitrogen and oxygen atoms in total. The van der Waals surface area contributed by atoms with Crippen LogP contribution < -0.4 is 52.8 Å². The van der Waals surface area contributed by atoms with Crippen LogP contribution in [0.4, 0.5) is 0 Å². The Balaban J connectivity index is -0.000000375. The third kappa shape index (κ3) is 22.1. The van der Waals surface area contributed by atoms with Crippen LogP contribution in [-0.4, -0.2) is 63.5 Å². The first-order valence-electron chi connectivity index (χ1n) is 6.00. The highest BCUT2D eigenvalue weighted by molar-refractivity contribution is 6.18. The maximum absolute atomic E-state index is 5.79. The predicted octanol–water partition coefficient (Wildman–Crippen LogP) is -11.3. The van der Waals surface area contributed by atoms with Crippen LogP contribution >= 0.6 is 34.8 Å². The summed E-state index contributed by atoms with van der Waals surface area (Å²) in [5, 5.41) is 4.54. The molecule has 0 aromatic carbocycles. The van der Waals surface area contributed by atoms with Crippen LogP contribution in [-0.2, 0) is 0 Å². The fraction of sp³-hybridized carbons (Fsp3) is 1.00. The molecule has 0 amide bonds. The van der Waals surface area contributed by atoms with E-state index in [0.29, 0.717) is 0 Å². The molecule has 0 aliphatic carbocycles. The molecule has 0 radical (unpaired) electrons. The smallest absolute Gasteiger partial charge is 0.127 e. The molecule has 0 spiro atoms. The highest BCUT2D eigenvalue weighted by Gasteiger charge is 2.08. The van der Waals surface area contributed by atoms with E-state index in [4.69, 9.17) is 34.8 Å². The Hall–Kier alpha value is 1.62. The van der Waals surface area contributed by atoms with E-state index in [1.165, 1.54) is 13.1 Å². The third-order valence-electron chi connectivity index (χ3n) is 2.48. The molecule has 19 heavy (non-hydrogen) atoms. The summed E-state index contributed by atoms with van der Waals surface area (Å²) in [5.74, 6) is 2.20. The molecule has 0 heterocycles. The second kappa shape index (κ2) is 24.6. The topological polar surface area (TPSA) is 37.7 Å². The van der Waals surface area contributed by atoms with Crippen molar-refractivity contribution in [2.24, 2.45) is 0 Å². The quantitative estimate of drug-likeness (QED) is 0.215. The molecule has 0 saturated carbocycles. The molecule has 0 fully saturated rings. The Bertz CT molecular complexity index is 132. The number of nitrogens with two attached hydrogens (primary N) is 2. The number of hydrogen-bond donors (Lipinski definition) is 3. The number of nitrogens with one attached hydrogen (secondary N) is 1. The fourth-order valence-corrected chi connectivity index (χ4v) is 2.14. The Morgan fingerprint density at radius 3 is 1.32 bits per heavy atom. The lowest BCUT2D eigenvalue weighted by Gasteiger charge is -2.16. The molecule has 122 valence electrons. The monoisotopic (exact) mass is 397 g/mol. The van der Waals surface area contributed by atoms with Crippen molar-refractivity contribution in [2.75, 3.05) is 63.5 Å². The van der Waals surface area contributed by atoms with Crippen LogP contribution in [0, 0.1) is 0 Å². The van der Waals surface area contributed by atoms with Crippen molar-refractivity contribution in [1.29, 1.82) is 0 Å². The van der Waals surface area contributed by atoms with Gasteiger partial charge in [0.15, 0.2) is 0 Å². The molecule has 0 aromatic rings. The Morgan fingerprint density at radius 2 is 1.00 bits per heavy atom. The van der Waals surface area contributed by atoms with Crippen LogP contribution in [0.15, 0.2) is 0 Å². The molecule has 0 saturated heterocycles. The first-order chi connectivity index (χ1) is 7.85. The van der Waals surface area contributed by atoms with Gasteiger partial charge in [0.2, 0.25) is 0 Å². The summed E-state index contributed by atoms with van der Waals surface area (Å²) in [7, 11) is 0. The normalized spacial score (nSPS) is 9.47. The number of alkyl halides is 3. The lowest BCUT2D eigenvalue weighted by molar-refractivity contribution is -0.921. The molecule has 0 unspecified atom stereocenters. The van der Waals surface area contributed by atoms with Crippen molar-refractivity contribution < 1.29 is 52.8 Å². The summed E-state index contributed by atoms with van der Waals surface area (Å²) in [6, 6.07) is 0. The van der Waals surface area contributed by atoms with E-state index in [9.17, 15) is 0 Å². The molecule has 0 rings (SSSR count). The second-order valence-electron chi connectivity index (χ2n) is 3.80. The molecule has 0 bridgehead atoms. The van der Waals surface area contributed by atoms with Gasteiger partial charge in [-0.2, -0.15) is 0 Å². The molecule has 0 atom stereocenters. The largest absolute Gasteiger partial charge is 1.00 e. The van der Waals surface area contributed by atoms with Gasteiger partial charge in [-0.05, 0) is 0 Å². The van der Waals surface area contributed by atoms with E-state index in [1.54, 1.807) is 4.90 Å². The third-order valence-corrected chi connectivity index (χ3v) is 3.10. The lowest BCUT2D eigenvalue weighted by Crippen LogP contribution is -3.17. The Kier molecular flexibility index (Phi) is 37.2. The summed E-state index contributed by atoms with van der Waals surface area (Å²) >= 11 is 17.0. The van der Waals surface area contributed by atoms with Crippen LogP contribution in [0.5, 0.6) is 0 Å². The van der Waals surface area contributed by atoms with Gasteiger partial charge in [0, 0.05) is 0 Å². The Labute approximate surface area is 150 Å². The predicted molar refractivity (Wildman–Crippen MR) is 71.0 cm³/mol. The van der Waals surface area contributed by atoms with E-state index < -0.39 is 0 Å². The zero-order valence-corrected chi connectivity index (χ0v) is 15.5. The first kappa shape index (κ1) is 28.7.